The van der Waals surface area contributed by atoms with E-state index in [1.54, 1.807) is 0 Å². The summed E-state index contributed by atoms with van der Waals surface area (Å²) in [6, 6.07) is 14.0. The predicted octanol–water partition coefficient (Wildman–Crippen LogP) is 2.42. The fraction of sp³-hybridized carbons (Fsp3) is 0.368. The minimum atomic E-state index is 0.686. The first kappa shape index (κ1) is 16.1. The summed E-state index contributed by atoms with van der Waals surface area (Å²) < 4.78 is 13.1. The number of hydrogen-bond donors (Lipinski definition) is 0. The summed E-state index contributed by atoms with van der Waals surface area (Å²) in [7, 11) is 0. The SMILES string of the molecule is Cc1cccc2nc(-c3ccc(OCCN4CCOCC4)cc3)nn12. The molecule has 4 rings (SSSR count). The Hall–Kier alpha value is -2.44. The normalized spacial score (nSPS) is 15.6. The van der Waals surface area contributed by atoms with E-state index in [0.717, 1.165) is 61.3 Å². The van der Waals surface area contributed by atoms with Gasteiger partial charge in [-0.1, -0.05) is 6.07 Å². The van der Waals surface area contributed by atoms with Crippen LogP contribution in [0.4, 0.5) is 0 Å². The molecule has 0 unspecified atom stereocenters. The molecule has 0 radical (unpaired) electrons. The summed E-state index contributed by atoms with van der Waals surface area (Å²) in [6.45, 7) is 7.25. The first-order valence-corrected chi connectivity index (χ1v) is 8.65. The quantitative estimate of drug-likeness (QED) is 0.715. The van der Waals surface area contributed by atoms with Crippen LogP contribution in [0.2, 0.25) is 0 Å². The molecule has 1 aliphatic rings. The van der Waals surface area contributed by atoms with Crippen LogP contribution in [0.5, 0.6) is 5.75 Å². The van der Waals surface area contributed by atoms with E-state index in [4.69, 9.17) is 9.47 Å². The van der Waals surface area contributed by atoms with Crippen molar-refractivity contribution in [1.82, 2.24) is 19.5 Å². The Morgan fingerprint density at radius 3 is 2.64 bits per heavy atom. The van der Waals surface area contributed by atoms with Gasteiger partial charge < -0.3 is 9.47 Å². The number of morpholine rings is 1. The Bertz CT molecular complexity index is 838. The number of aromatic nitrogens is 3. The molecule has 25 heavy (non-hydrogen) atoms. The van der Waals surface area contributed by atoms with E-state index in [9.17, 15) is 0 Å². The molecule has 2 aromatic heterocycles. The van der Waals surface area contributed by atoms with Crippen molar-refractivity contribution in [2.45, 2.75) is 6.92 Å². The van der Waals surface area contributed by atoms with Crippen molar-refractivity contribution in [3.63, 3.8) is 0 Å². The Balaban J connectivity index is 1.39. The second-order valence-electron chi connectivity index (χ2n) is 6.20. The van der Waals surface area contributed by atoms with Crippen molar-refractivity contribution in [2.24, 2.45) is 0 Å². The van der Waals surface area contributed by atoms with Crippen molar-refractivity contribution >= 4 is 5.65 Å². The van der Waals surface area contributed by atoms with Crippen LogP contribution in [0.25, 0.3) is 17.0 Å². The van der Waals surface area contributed by atoms with Gasteiger partial charge in [0.25, 0.3) is 0 Å². The van der Waals surface area contributed by atoms with Crippen LogP contribution in [0.3, 0.4) is 0 Å². The van der Waals surface area contributed by atoms with E-state index in [0.29, 0.717) is 6.61 Å². The van der Waals surface area contributed by atoms with E-state index in [1.165, 1.54) is 0 Å². The Labute approximate surface area is 147 Å². The minimum absolute atomic E-state index is 0.686. The maximum atomic E-state index is 5.85. The highest BCUT2D eigenvalue weighted by Crippen LogP contribution is 2.20. The Kier molecular flexibility index (Phi) is 4.63. The van der Waals surface area contributed by atoms with E-state index < -0.39 is 0 Å². The molecule has 6 nitrogen and oxygen atoms in total. The average molecular weight is 338 g/mol. The molecular formula is C19H22N4O2. The summed E-state index contributed by atoms with van der Waals surface area (Å²) in [5, 5.41) is 4.58. The van der Waals surface area contributed by atoms with Gasteiger partial charge in [-0.05, 0) is 43.3 Å². The lowest BCUT2D eigenvalue weighted by molar-refractivity contribution is 0.0322. The van der Waals surface area contributed by atoms with Gasteiger partial charge in [-0.25, -0.2) is 9.50 Å². The van der Waals surface area contributed by atoms with Crippen molar-refractivity contribution in [1.29, 1.82) is 0 Å². The lowest BCUT2D eigenvalue weighted by Gasteiger charge is -2.26. The van der Waals surface area contributed by atoms with Crippen LogP contribution in [-0.4, -0.2) is 59.0 Å². The van der Waals surface area contributed by atoms with E-state index in [2.05, 4.69) is 15.0 Å². The first-order valence-electron chi connectivity index (χ1n) is 8.65. The van der Waals surface area contributed by atoms with Crippen LogP contribution < -0.4 is 4.74 Å². The molecule has 3 heterocycles. The minimum Gasteiger partial charge on any atom is -0.492 e. The summed E-state index contributed by atoms with van der Waals surface area (Å²) >= 11 is 0. The number of ether oxygens (including phenoxy) is 2. The maximum Gasteiger partial charge on any atom is 0.182 e. The molecule has 0 bridgehead atoms. The number of pyridine rings is 1. The highest BCUT2D eigenvalue weighted by molar-refractivity contribution is 5.59. The van der Waals surface area contributed by atoms with Crippen LogP contribution in [0, 0.1) is 6.92 Å². The Morgan fingerprint density at radius 1 is 1.08 bits per heavy atom. The van der Waals surface area contributed by atoms with Crippen molar-refractivity contribution < 1.29 is 9.47 Å². The molecular weight excluding hydrogens is 316 g/mol. The molecule has 0 amide bonds. The number of benzene rings is 1. The molecule has 130 valence electrons. The van der Waals surface area contributed by atoms with Crippen molar-refractivity contribution in [3.8, 4) is 17.1 Å². The zero-order valence-corrected chi connectivity index (χ0v) is 14.4. The zero-order chi connectivity index (χ0) is 17.1. The lowest BCUT2D eigenvalue weighted by atomic mass is 10.2. The van der Waals surface area contributed by atoms with Gasteiger partial charge >= 0.3 is 0 Å². The molecule has 3 aromatic rings. The Morgan fingerprint density at radius 2 is 1.88 bits per heavy atom. The van der Waals surface area contributed by atoms with Crippen LogP contribution >= 0.6 is 0 Å². The fourth-order valence-corrected chi connectivity index (χ4v) is 2.98. The standard InChI is InChI=1S/C19H22N4O2/c1-15-3-2-4-18-20-19(21-23(15)18)16-5-7-17(8-6-16)25-14-11-22-9-12-24-13-10-22/h2-8H,9-14H2,1H3. The summed E-state index contributed by atoms with van der Waals surface area (Å²) in [6.07, 6.45) is 0. The third kappa shape index (κ3) is 3.65. The molecule has 0 spiro atoms. The molecule has 1 fully saturated rings. The highest BCUT2D eigenvalue weighted by Gasteiger charge is 2.10. The van der Waals surface area contributed by atoms with Gasteiger partial charge in [0.2, 0.25) is 0 Å². The van der Waals surface area contributed by atoms with Gasteiger partial charge in [0.1, 0.15) is 12.4 Å². The third-order valence-electron chi connectivity index (χ3n) is 4.44. The molecule has 1 aliphatic heterocycles. The van der Waals surface area contributed by atoms with Gasteiger partial charge in [-0.15, -0.1) is 5.10 Å². The molecule has 1 aromatic carbocycles. The topological polar surface area (TPSA) is 51.9 Å². The summed E-state index contributed by atoms with van der Waals surface area (Å²) in [5.41, 5.74) is 2.92. The van der Waals surface area contributed by atoms with E-state index in [1.807, 2.05) is 53.9 Å². The average Bonchev–Trinajstić information content (AvgIpc) is 3.09. The second-order valence-corrected chi connectivity index (χ2v) is 6.20. The molecule has 0 saturated carbocycles. The largest absolute Gasteiger partial charge is 0.492 e. The fourth-order valence-electron chi connectivity index (χ4n) is 2.98. The van der Waals surface area contributed by atoms with Gasteiger partial charge in [0.05, 0.1) is 13.2 Å². The van der Waals surface area contributed by atoms with Gasteiger partial charge in [0.15, 0.2) is 11.5 Å². The molecule has 0 N–H and O–H groups in total. The smallest absolute Gasteiger partial charge is 0.182 e. The van der Waals surface area contributed by atoms with E-state index >= 15 is 0 Å². The summed E-state index contributed by atoms with van der Waals surface area (Å²) in [4.78, 5) is 6.95. The van der Waals surface area contributed by atoms with Gasteiger partial charge in [-0.2, -0.15) is 0 Å². The highest BCUT2D eigenvalue weighted by atomic mass is 16.5. The summed E-state index contributed by atoms with van der Waals surface area (Å²) in [5.74, 6) is 1.60. The molecule has 0 atom stereocenters. The number of hydrogen-bond acceptors (Lipinski definition) is 5. The molecule has 6 heteroatoms. The molecule has 0 aliphatic carbocycles. The predicted molar refractivity (Wildman–Crippen MR) is 95.9 cm³/mol. The van der Waals surface area contributed by atoms with Crippen LogP contribution in [0.15, 0.2) is 42.5 Å². The van der Waals surface area contributed by atoms with Crippen LogP contribution in [0.1, 0.15) is 5.69 Å². The lowest BCUT2D eigenvalue weighted by Crippen LogP contribution is -2.38. The molecule has 1 saturated heterocycles. The number of aryl methyl sites for hydroxylation is 1. The van der Waals surface area contributed by atoms with Crippen LogP contribution in [-0.2, 0) is 4.74 Å². The number of fused-ring (bicyclic) bond motifs is 1. The zero-order valence-electron chi connectivity index (χ0n) is 14.4. The third-order valence-corrected chi connectivity index (χ3v) is 4.44. The maximum absolute atomic E-state index is 5.85. The van der Waals surface area contributed by atoms with Gasteiger partial charge in [0, 0.05) is 30.9 Å². The second kappa shape index (κ2) is 7.21. The number of rotatable bonds is 5. The van der Waals surface area contributed by atoms with Crippen molar-refractivity contribution in [3.05, 3.63) is 48.2 Å². The van der Waals surface area contributed by atoms with E-state index in [-0.39, 0.29) is 0 Å². The first-order chi connectivity index (χ1) is 12.3. The monoisotopic (exact) mass is 338 g/mol. The van der Waals surface area contributed by atoms with Gasteiger partial charge in [-0.3, -0.25) is 4.90 Å². The van der Waals surface area contributed by atoms with Crippen molar-refractivity contribution in [2.75, 3.05) is 39.5 Å². The number of nitrogens with zero attached hydrogens (tertiary/aromatic N) is 4.